The van der Waals surface area contributed by atoms with Crippen molar-refractivity contribution in [2.45, 2.75) is 26.3 Å². The number of likely N-dealkylation sites (N-methyl/N-ethyl adjacent to an activating group) is 1. The maximum absolute atomic E-state index is 8.80. The number of hydrogen-bond donors (Lipinski definition) is 0. The van der Waals surface area contributed by atoms with E-state index in [2.05, 4.69) is 22.8 Å². The minimum absolute atomic E-state index is 0.0804. The zero-order valence-electron chi connectivity index (χ0n) is 8.66. The smallest absolute Gasteiger partial charge is 0.0949 e. The predicted octanol–water partition coefficient (Wildman–Crippen LogP) is 0.926. The summed E-state index contributed by atoms with van der Waals surface area (Å²) in [5.74, 6) is 0. The maximum atomic E-state index is 8.80. The molecule has 13 heavy (non-hydrogen) atoms. The van der Waals surface area contributed by atoms with E-state index in [0.29, 0.717) is 0 Å². The molecule has 0 saturated carbocycles. The average Bonchev–Trinajstić information content (AvgIpc) is 2.41. The van der Waals surface area contributed by atoms with E-state index in [9.17, 15) is 0 Å². The zero-order valence-corrected chi connectivity index (χ0v) is 8.66. The summed E-state index contributed by atoms with van der Waals surface area (Å²) >= 11 is 0. The van der Waals surface area contributed by atoms with Crippen molar-refractivity contribution in [3.05, 3.63) is 0 Å². The first-order chi connectivity index (χ1) is 6.27. The highest BCUT2D eigenvalue weighted by Gasteiger charge is 2.17. The van der Waals surface area contributed by atoms with Crippen LogP contribution in [0, 0.1) is 11.3 Å². The van der Waals surface area contributed by atoms with Gasteiger partial charge in [0.05, 0.1) is 12.1 Å². The molecule has 0 aromatic carbocycles. The van der Waals surface area contributed by atoms with Crippen molar-refractivity contribution in [3.63, 3.8) is 0 Å². The normalized spacial score (nSPS) is 23.5. The van der Waals surface area contributed by atoms with Crippen LogP contribution in [-0.2, 0) is 0 Å². The lowest BCUT2D eigenvalue weighted by atomic mass is 10.3. The Morgan fingerprint density at radius 1 is 1.31 bits per heavy atom. The van der Waals surface area contributed by atoms with Crippen LogP contribution in [0.4, 0.5) is 0 Å². The summed E-state index contributed by atoms with van der Waals surface area (Å²) < 4.78 is 0. The molecular formula is C10H19N3. The van der Waals surface area contributed by atoms with Crippen LogP contribution >= 0.6 is 0 Å². The van der Waals surface area contributed by atoms with Crippen LogP contribution in [0.5, 0.6) is 0 Å². The standard InChI is InChI=1S/C10H19N3/c1-3-12-5-4-6-13(8-7-12)10(2)9-11/h10H,3-8H2,1-2H3. The predicted molar refractivity (Wildman–Crippen MR) is 53.4 cm³/mol. The lowest BCUT2D eigenvalue weighted by Gasteiger charge is -2.22. The number of rotatable bonds is 2. The van der Waals surface area contributed by atoms with Gasteiger partial charge in [-0.25, -0.2) is 0 Å². The second kappa shape index (κ2) is 5.21. The molecule has 1 fully saturated rings. The van der Waals surface area contributed by atoms with Crippen LogP contribution in [0.1, 0.15) is 20.3 Å². The molecule has 1 heterocycles. The molecule has 3 heteroatoms. The van der Waals surface area contributed by atoms with Crippen LogP contribution in [-0.4, -0.2) is 48.6 Å². The Balaban J connectivity index is 2.41. The van der Waals surface area contributed by atoms with Crippen molar-refractivity contribution in [1.29, 1.82) is 5.26 Å². The van der Waals surface area contributed by atoms with Crippen molar-refractivity contribution < 1.29 is 0 Å². The summed E-state index contributed by atoms with van der Waals surface area (Å²) in [5.41, 5.74) is 0. The molecule has 0 N–H and O–H groups in total. The SMILES string of the molecule is CCN1CCCN(C(C)C#N)CC1. The zero-order chi connectivity index (χ0) is 9.68. The van der Waals surface area contributed by atoms with E-state index in [0.717, 1.165) is 26.2 Å². The molecule has 3 nitrogen and oxygen atoms in total. The fourth-order valence-corrected chi connectivity index (χ4v) is 1.78. The first-order valence-electron chi connectivity index (χ1n) is 5.14. The molecule has 0 radical (unpaired) electrons. The highest BCUT2D eigenvalue weighted by molar-refractivity contribution is 4.89. The molecule has 1 unspecified atom stereocenters. The van der Waals surface area contributed by atoms with E-state index in [1.165, 1.54) is 13.0 Å². The molecule has 1 saturated heterocycles. The highest BCUT2D eigenvalue weighted by atomic mass is 15.2. The molecule has 1 aliphatic rings. The van der Waals surface area contributed by atoms with Gasteiger partial charge < -0.3 is 4.90 Å². The van der Waals surface area contributed by atoms with Gasteiger partial charge >= 0.3 is 0 Å². The Morgan fingerprint density at radius 3 is 2.69 bits per heavy atom. The van der Waals surface area contributed by atoms with Crippen molar-refractivity contribution in [2.24, 2.45) is 0 Å². The van der Waals surface area contributed by atoms with E-state index in [1.54, 1.807) is 0 Å². The second-order valence-corrected chi connectivity index (χ2v) is 3.63. The van der Waals surface area contributed by atoms with Gasteiger partial charge in [0.2, 0.25) is 0 Å². The monoisotopic (exact) mass is 181 g/mol. The van der Waals surface area contributed by atoms with Crippen LogP contribution in [0.15, 0.2) is 0 Å². The summed E-state index contributed by atoms with van der Waals surface area (Å²) in [5, 5.41) is 8.80. The minimum atomic E-state index is 0.0804. The Morgan fingerprint density at radius 2 is 2.08 bits per heavy atom. The summed E-state index contributed by atoms with van der Waals surface area (Å²) in [6.07, 6.45) is 1.19. The fraction of sp³-hybridized carbons (Fsp3) is 0.900. The van der Waals surface area contributed by atoms with E-state index < -0.39 is 0 Å². The van der Waals surface area contributed by atoms with Crippen molar-refractivity contribution in [3.8, 4) is 6.07 Å². The molecular weight excluding hydrogens is 162 g/mol. The molecule has 0 aliphatic carbocycles. The number of nitrogens with zero attached hydrogens (tertiary/aromatic N) is 3. The molecule has 0 bridgehead atoms. The molecule has 0 aromatic heterocycles. The summed E-state index contributed by atoms with van der Waals surface area (Å²) in [7, 11) is 0. The highest BCUT2D eigenvalue weighted by Crippen LogP contribution is 2.05. The van der Waals surface area contributed by atoms with Gasteiger partial charge in [-0.1, -0.05) is 6.92 Å². The summed E-state index contributed by atoms with van der Waals surface area (Å²) in [6.45, 7) is 9.74. The van der Waals surface area contributed by atoms with Gasteiger partial charge in [-0.2, -0.15) is 5.26 Å². The van der Waals surface area contributed by atoms with Crippen molar-refractivity contribution in [1.82, 2.24) is 9.80 Å². The largest absolute Gasteiger partial charge is 0.302 e. The third-order valence-corrected chi connectivity index (χ3v) is 2.80. The Hall–Kier alpha value is -0.590. The first-order valence-corrected chi connectivity index (χ1v) is 5.14. The quantitative estimate of drug-likeness (QED) is 0.635. The Labute approximate surface area is 80.9 Å². The molecule has 0 aromatic rings. The third-order valence-electron chi connectivity index (χ3n) is 2.80. The summed E-state index contributed by atoms with van der Waals surface area (Å²) in [6, 6.07) is 2.38. The maximum Gasteiger partial charge on any atom is 0.0949 e. The van der Waals surface area contributed by atoms with Crippen molar-refractivity contribution >= 4 is 0 Å². The van der Waals surface area contributed by atoms with Gasteiger partial charge in [0, 0.05) is 19.6 Å². The average molecular weight is 181 g/mol. The lowest BCUT2D eigenvalue weighted by molar-refractivity contribution is 0.243. The van der Waals surface area contributed by atoms with Gasteiger partial charge in [0.1, 0.15) is 0 Å². The number of hydrogen-bond acceptors (Lipinski definition) is 3. The molecule has 1 atom stereocenters. The van der Waals surface area contributed by atoms with Gasteiger partial charge in [0.15, 0.2) is 0 Å². The summed E-state index contributed by atoms with van der Waals surface area (Å²) in [4.78, 5) is 4.72. The van der Waals surface area contributed by atoms with Gasteiger partial charge in [0.25, 0.3) is 0 Å². The number of nitriles is 1. The van der Waals surface area contributed by atoms with Crippen LogP contribution < -0.4 is 0 Å². The van der Waals surface area contributed by atoms with E-state index >= 15 is 0 Å². The topological polar surface area (TPSA) is 30.3 Å². The van der Waals surface area contributed by atoms with E-state index in [1.807, 2.05) is 6.92 Å². The second-order valence-electron chi connectivity index (χ2n) is 3.63. The van der Waals surface area contributed by atoms with Gasteiger partial charge in [-0.05, 0) is 26.4 Å². The molecule has 0 spiro atoms. The first kappa shape index (κ1) is 10.5. The lowest BCUT2D eigenvalue weighted by Crippen LogP contribution is -2.35. The van der Waals surface area contributed by atoms with Crippen LogP contribution in [0.3, 0.4) is 0 Å². The van der Waals surface area contributed by atoms with Crippen LogP contribution in [0.2, 0.25) is 0 Å². The third kappa shape index (κ3) is 2.98. The van der Waals surface area contributed by atoms with Crippen molar-refractivity contribution in [2.75, 3.05) is 32.7 Å². The molecule has 1 rings (SSSR count). The molecule has 0 amide bonds. The Bertz CT molecular complexity index is 185. The Kier molecular flexibility index (Phi) is 4.20. The van der Waals surface area contributed by atoms with Gasteiger partial charge in [-0.3, -0.25) is 4.90 Å². The van der Waals surface area contributed by atoms with E-state index in [4.69, 9.17) is 5.26 Å². The molecule has 74 valence electrons. The van der Waals surface area contributed by atoms with Crippen LogP contribution in [0.25, 0.3) is 0 Å². The molecule has 1 aliphatic heterocycles. The van der Waals surface area contributed by atoms with E-state index in [-0.39, 0.29) is 6.04 Å². The van der Waals surface area contributed by atoms with Gasteiger partial charge in [-0.15, -0.1) is 0 Å². The fourth-order valence-electron chi connectivity index (χ4n) is 1.78. The minimum Gasteiger partial charge on any atom is -0.302 e.